The average molecular weight is 429 g/mol. The Bertz CT molecular complexity index is 1010. The molecule has 2 aromatic carbocycles. The number of nitrogens with zero attached hydrogens (tertiary/aromatic N) is 1. The molecular formula is C23H28N2O4S. The fourth-order valence-electron chi connectivity index (χ4n) is 4.09. The second-order valence-electron chi connectivity index (χ2n) is 8.02. The third kappa shape index (κ3) is 4.52. The van der Waals surface area contributed by atoms with E-state index in [1.165, 1.54) is 15.4 Å². The van der Waals surface area contributed by atoms with E-state index >= 15 is 0 Å². The third-order valence-electron chi connectivity index (χ3n) is 5.83. The number of aryl methyl sites for hydroxylation is 2. The maximum Gasteiger partial charge on any atom is 0.265 e. The van der Waals surface area contributed by atoms with Crippen LogP contribution >= 0.6 is 0 Å². The summed E-state index contributed by atoms with van der Waals surface area (Å²) in [4.78, 5) is 12.8. The van der Waals surface area contributed by atoms with E-state index in [4.69, 9.17) is 4.74 Å². The van der Waals surface area contributed by atoms with Crippen molar-refractivity contribution in [2.75, 3.05) is 18.4 Å². The van der Waals surface area contributed by atoms with Crippen LogP contribution in [0.3, 0.4) is 0 Å². The molecular weight excluding hydrogens is 400 g/mol. The van der Waals surface area contributed by atoms with Crippen LogP contribution in [0.5, 0.6) is 5.75 Å². The predicted octanol–water partition coefficient (Wildman–Crippen LogP) is 3.76. The summed E-state index contributed by atoms with van der Waals surface area (Å²) in [5.74, 6) is 0.420. The van der Waals surface area contributed by atoms with Gasteiger partial charge in [0.2, 0.25) is 10.0 Å². The molecule has 1 N–H and O–H groups in total. The molecule has 7 heteroatoms. The first-order valence-electron chi connectivity index (χ1n) is 10.6. The standard InChI is InChI=1S/C23H28N2O4S/c1-17(29-21-11-8-18-6-5-7-19(18)16-21)23(26)24-20-9-12-22(13-10-20)30(27,28)25-14-3-2-4-15-25/h8-13,16-17H,2-7,14-15H2,1H3,(H,24,26). The number of anilines is 1. The number of carbonyl (C=O) groups excluding carboxylic acids is 1. The molecule has 160 valence electrons. The van der Waals surface area contributed by atoms with Gasteiger partial charge in [0.25, 0.3) is 5.91 Å². The van der Waals surface area contributed by atoms with Crippen molar-refractivity contribution in [1.29, 1.82) is 0 Å². The van der Waals surface area contributed by atoms with E-state index in [1.54, 1.807) is 31.2 Å². The minimum Gasteiger partial charge on any atom is -0.481 e. The van der Waals surface area contributed by atoms with Crippen LogP contribution in [0.2, 0.25) is 0 Å². The maximum absolute atomic E-state index is 12.7. The molecule has 0 radical (unpaired) electrons. The smallest absolute Gasteiger partial charge is 0.265 e. The lowest BCUT2D eigenvalue weighted by molar-refractivity contribution is -0.122. The van der Waals surface area contributed by atoms with Gasteiger partial charge < -0.3 is 10.1 Å². The molecule has 30 heavy (non-hydrogen) atoms. The summed E-state index contributed by atoms with van der Waals surface area (Å²) < 4.78 is 32.8. The number of nitrogens with one attached hydrogen (secondary N) is 1. The van der Waals surface area contributed by atoms with Crippen LogP contribution in [0.4, 0.5) is 5.69 Å². The number of ether oxygens (including phenoxy) is 1. The zero-order valence-corrected chi connectivity index (χ0v) is 18.1. The quantitative estimate of drug-likeness (QED) is 0.760. The van der Waals surface area contributed by atoms with Crippen LogP contribution in [0.15, 0.2) is 47.4 Å². The molecule has 1 aliphatic carbocycles. The Morgan fingerprint density at radius 1 is 0.967 bits per heavy atom. The van der Waals surface area contributed by atoms with Crippen molar-refractivity contribution in [3.8, 4) is 5.75 Å². The molecule has 2 aliphatic rings. The normalized spacial score (nSPS) is 17.9. The summed E-state index contributed by atoms with van der Waals surface area (Å²) in [7, 11) is -3.47. The van der Waals surface area contributed by atoms with Gasteiger partial charge in [-0.15, -0.1) is 0 Å². The SMILES string of the molecule is CC(Oc1ccc2c(c1)CCC2)C(=O)Nc1ccc(S(=O)(=O)N2CCCCC2)cc1. The number of carbonyl (C=O) groups is 1. The van der Waals surface area contributed by atoms with E-state index in [2.05, 4.69) is 11.4 Å². The van der Waals surface area contributed by atoms with Gasteiger partial charge in [0, 0.05) is 18.8 Å². The third-order valence-corrected chi connectivity index (χ3v) is 7.74. The summed E-state index contributed by atoms with van der Waals surface area (Å²) in [6.07, 6.45) is 5.53. The number of fused-ring (bicyclic) bond motifs is 1. The fourth-order valence-corrected chi connectivity index (χ4v) is 5.60. The Kier molecular flexibility index (Phi) is 6.11. The van der Waals surface area contributed by atoms with Crippen molar-refractivity contribution in [3.63, 3.8) is 0 Å². The van der Waals surface area contributed by atoms with Gasteiger partial charge >= 0.3 is 0 Å². The van der Waals surface area contributed by atoms with Crippen molar-refractivity contribution in [2.45, 2.75) is 56.4 Å². The van der Waals surface area contributed by atoms with Gasteiger partial charge in [-0.1, -0.05) is 12.5 Å². The number of rotatable bonds is 6. The Morgan fingerprint density at radius 2 is 1.67 bits per heavy atom. The number of hydrogen-bond donors (Lipinski definition) is 1. The van der Waals surface area contributed by atoms with E-state index in [0.717, 1.165) is 38.5 Å². The Labute approximate surface area is 178 Å². The first kappa shape index (κ1) is 20.9. The number of sulfonamides is 1. The van der Waals surface area contributed by atoms with E-state index in [-0.39, 0.29) is 10.8 Å². The van der Waals surface area contributed by atoms with Crippen LogP contribution in [0.1, 0.15) is 43.7 Å². The molecule has 1 unspecified atom stereocenters. The number of benzene rings is 2. The highest BCUT2D eigenvalue weighted by Gasteiger charge is 2.26. The van der Waals surface area contributed by atoms with Gasteiger partial charge in [-0.05, 0) is 86.6 Å². The summed E-state index contributed by atoms with van der Waals surface area (Å²) in [6.45, 7) is 2.84. The summed E-state index contributed by atoms with van der Waals surface area (Å²) in [6, 6.07) is 12.3. The monoisotopic (exact) mass is 428 g/mol. The van der Waals surface area contributed by atoms with Crippen LogP contribution in [-0.4, -0.2) is 37.8 Å². The van der Waals surface area contributed by atoms with Crippen molar-refractivity contribution in [2.24, 2.45) is 0 Å². The zero-order chi connectivity index (χ0) is 21.1. The van der Waals surface area contributed by atoms with E-state index in [9.17, 15) is 13.2 Å². The van der Waals surface area contributed by atoms with E-state index in [1.807, 2.05) is 12.1 Å². The molecule has 1 aliphatic heterocycles. The Hall–Kier alpha value is -2.38. The lowest BCUT2D eigenvalue weighted by atomic mass is 10.1. The Morgan fingerprint density at radius 3 is 2.40 bits per heavy atom. The predicted molar refractivity (Wildman–Crippen MR) is 116 cm³/mol. The molecule has 6 nitrogen and oxygen atoms in total. The molecule has 4 rings (SSSR count). The highest BCUT2D eigenvalue weighted by atomic mass is 32.2. The molecule has 2 aromatic rings. The van der Waals surface area contributed by atoms with Crippen molar-refractivity contribution < 1.29 is 17.9 Å². The summed E-state index contributed by atoms with van der Waals surface area (Å²) in [5, 5.41) is 2.80. The molecule has 1 amide bonds. The van der Waals surface area contributed by atoms with Crippen molar-refractivity contribution in [1.82, 2.24) is 4.31 Å². The highest BCUT2D eigenvalue weighted by Crippen LogP contribution is 2.27. The molecule has 0 saturated carbocycles. The molecule has 0 spiro atoms. The van der Waals surface area contributed by atoms with Crippen LogP contribution < -0.4 is 10.1 Å². The van der Waals surface area contributed by atoms with Gasteiger partial charge in [0.1, 0.15) is 5.75 Å². The minimum atomic E-state index is -3.47. The van der Waals surface area contributed by atoms with Gasteiger partial charge in [-0.25, -0.2) is 8.42 Å². The molecule has 1 saturated heterocycles. The van der Waals surface area contributed by atoms with Gasteiger partial charge in [-0.2, -0.15) is 4.31 Å². The second-order valence-corrected chi connectivity index (χ2v) is 9.96. The van der Waals surface area contributed by atoms with Crippen molar-refractivity contribution >= 4 is 21.6 Å². The first-order chi connectivity index (χ1) is 14.4. The van der Waals surface area contributed by atoms with Crippen LogP contribution in [-0.2, 0) is 27.7 Å². The highest BCUT2D eigenvalue weighted by molar-refractivity contribution is 7.89. The lowest BCUT2D eigenvalue weighted by Gasteiger charge is -2.25. The largest absolute Gasteiger partial charge is 0.481 e. The topological polar surface area (TPSA) is 75.7 Å². The minimum absolute atomic E-state index is 0.254. The molecule has 1 fully saturated rings. The summed E-state index contributed by atoms with van der Waals surface area (Å²) in [5.41, 5.74) is 3.20. The second kappa shape index (κ2) is 8.78. The van der Waals surface area contributed by atoms with Gasteiger partial charge in [0.05, 0.1) is 4.90 Å². The number of amides is 1. The number of hydrogen-bond acceptors (Lipinski definition) is 4. The van der Waals surface area contributed by atoms with Gasteiger partial charge in [0.15, 0.2) is 6.10 Å². The van der Waals surface area contributed by atoms with Gasteiger partial charge in [-0.3, -0.25) is 4.79 Å². The molecule has 0 aromatic heterocycles. The van der Waals surface area contributed by atoms with Crippen LogP contribution in [0, 0.1) is 0 Å². The van der Waals surface area contributed by atoms with Crippen LogP contribution in [0.25, 0.3) is 0 Å². The summed E-state index contributed by atoms with van der Waals surface area (Å²) >= 11 is 0. The molecule has 1 heterocycles. The fraction of sp³-hybridized carbons (Fsp3) is 0.435. The average Bonchev–Trinajstić information content (AvgIpc) is 3.22. The lowest BCUT2D eigenvalue weighted by Crippen LogP contribution is -2.35. The molecule has 1 atom stereocenters. The van der Waals surface area contributed by atoms with Crippen molar-refractivity contribution in [3.05, 3.63) is 53.6 Å². The maximum atomic E-state index is 12.7. The first-order valence-corrected chi connectivity index (χ1v) is 12.1. The Balaban J connectivity index is 1.37. The zero-order valence-electron chi connectivity index (χ0n) is 17.3. The molecule has 0 bridgehead atoms. The van der Waals surface area contributed by atoms with E-state index < -0.39 is 16.1 Å². The van der Waals surface area contributed by atoms with E-state index in [0.29, 0.717) is 24.5 Å². The number of piperidine rings is 1.